The van der Waals surface area contributed by atoms with Gasteiger partial charge in [-0.05, 0) is 19.8 Å². The molecule has 0 N–H and O–H groups in total. The average Bonchev–Trinajstić information content (AvgIpc) is 2.94. The molecule has 20 heavy (non-hydrogen) atoms. The molecular formula is C14H15N5S. The van der Waals surface area contributed by atoms with Gasteiger partial charge in [0.15, 0.2) is 11.5 Å². The van der Waals surface area contributed by atoms with Crippen LogP contribution in [-0.4, -0.2) is 28.0 Å². The number of hydrogen-bond acceptors (Lipinski definition) is 6. The molecule has 6 heteroatoms. The number of rotatable bonds is 2. The second kappa shape index (κ2) is 5.55. The van der Waals surface area contributed by atoms with E-state index in [1.54, 1.807) is 23.7 Å². The van der Waals surface area contributed by atoms with Crippen LogP contribution in [0.25, 0.3) is 0 Å². The van der Waals surface area contributed by atoms with Crippen molar-refractivity contribution in [3.63, 3.8) is 0 Å². The van der Waals surface area contributed by atoms with E-state index in [4.69, 9.17) is 5.26 Å². The summed E-state index contributed by atoms with van der Waals surface area (Å²) in [5.74, 6) is 1.13. The van der Waals surface area contributed by atoms with Crippen molar-refractivity contribution in [3.05, 3.63) is 34.2 Å². The van der Waals surface area contributed by atoms with E-state index >= 15 is 0 Å². The summed E-state index contributed by atoms with van der Waals surface area (Å²) in [6, 6.07) is 2.12. The first kappa shape index (κ1) is 13.0. The minimum atomic E-state index is 0.406. The zero-order chi connectivity index (χ0) is 13.9. The van der Waals surface area contributed by atoms with Crippen LogP contribution < -0.4 is 4.90 Å². The highest BCUT2D eigenvalue weighted by atomic mass is 32.1. The van der Waals surface area contributed by atoms with Gasteiger partial charge in [0.2, 0.25) is 0 Å². The Labute approximate surface area is 121 Å². The fraction of sp³-hybridized carbons (Fsp3) is 0.429. The lowest BCUT2D eigenvalue weighted by molar-refractivity contribution is 0.504. The molecule has 102 valence electrons. The summed E-state index contributed by atoms with van der Waals surface area (Å²) in [4.78, 5) is 15.2. The Kier molecular flexibility index (Phi) is 3.61. The summed E-state index contributed by atoms with van der Waals surface area (Å²) >= 11 is 1.72. The predicted molar refractivity (Wildman–Crippen MR) is 77.8 cm³/mol. The lowest BCUT2D eigenvalue weighted by atomic mass is 9.98. The van der Waals surface area contributed by atoms with Crippen LogP contribution in [0.4, 0.5) is 5.82 Å². The molecule has 0 aliphatic carbocycles. The van der Waals surface area contributed by atoms with Crippen LogP contribution in [0.15, 0.2) is 17.8 Å². The zero-order valence-corrected chi connectivity index (χ0v) is 12.1. The van der Waals surface area contributed by atoms with Gasteiger partial charge in [0, 0.05) is 42.5 Å². The van der Waals surface area contributed by atoms with Gasteiger partial charge in [-0.3, -0.25) is 0 Å². The first-order chi connectivity index (χ1) is 9.78. The SMILES string of the molecule is Cc1csc(C2CCCN(c3nccnc3C#N)C2)n1. The van der Waals surface area contributed by atoms with Crippen molar-refractivity contribution < 1.29 is 0 Å². The van der Waals surface area contributed by atoms with Crippen molar-refractivity contribution in [2.75, 3.05) is 18.0 Å². The fourth-order valence-electron chi connectivity index (χ4n) is 2.57. The smallest absolute Gasteiger partial charge is 0.183 e. The van der Waals surface area contributed by atoms with Gasteiger partial charge >= 0.3 is 0 Å². The van der Waals surface area contributed by atoms with E-state index in [-0.39, 0.29) is 0 Å². The lowest BCUT2D eigenvalue weighted by Gasteiger charge is -2.32. The maximum atomic E-state index is 9.15. The summed E-state index contributed by atoms with van der Waals surface area (Å²) in [5, 5.41) is 12.4. The molecule has 1 saturated heterocycles. The molecule has 1 atom stereocenters. The predicted octanol–water partition coefficient (Wildman–Crippen LogP) is 2.50. The van der Waals surface area contributed by atoms with E-state index in [1.807, 2.05) is 6.92 Å². The van der Waals surface area contributed by atoms with E-state index in [1.165, 1.54) is 5.01 Å². The molecule has 2 aromatic heterocycles. The fourth-order valence-corrected chi connectivity index (χ4v) is 3.50. The second-order valence-corrected chi connectivity index (χ2v) is 5.84. The van der Waals surface area contributed by atoms with Crippen LogP contribution in [0.3, 0.4) is 0 Å². The third-order valence-corrected chi connectivity index (χ3v) is 4.62. The van der Waals surface area contributed by atoms with Crippen molar-refractivity contribution in [1.29, 1.82) is 5.26 Å². The normalized spacial score (nSPS) is 18.8. The minimum absolute atomic E-state index is 0.406. The highest BCUT2D eigenvalue weighted by molar-refractivity contribution is 7.09. The van der Waals surface area contributed by atoms with Crippen LogP contribution in [-0.2, 0) is 0 Å². The number of aromatic nitrogens is 3. The highest BCUT2D eigenvalue weighted by Gasteiger charge is 2.25. The van der Waals surface area contributed by atoms with Gasteiger partial charge in [-0.2, -0.15) is 5.26 Å². The maximum absolute atomic E-state index is 9.15. The van der Waals surface area contributed by atoms with Crippen molar-refractivity contribution in [2.45, 2.75) is 25.7 Å². The molecule has 2 aromatic rings. The molecular weight excluding hydrogens is 270 g/mol. The van der Waals surface area contributed by atoms with Crippen molar-refractivity contribution in [1.82, 2.24) is 15.0 Å². The van der Waals surface area contributed by atoms with Crippen molar-refractivity contribution >= 4 is 17.2 Å². The summed E-state index contributed by atoms with van der Waals surface area (Å²) in [6.07, 6.45) is 5.44. The molecule has 0 aromatic carbocycles. The van der Waals surface area contributed by atoms with Gasteiger partial charge in [-0.25, -0.2) is 15.0 Å². The van der Waals surface area contributed by atoms with Crippen molar-refractivity contribution in [2.24, 2.45) is 0 Å². The van der Waals surface area contributed by atoms with Gasteiger partial charge < -0.3 is 4.90 Å². The number of nitriles is 1. The van der Waals surface area contributed by atoms with Gasteiger partial charge in [0.25, 0.3) is 0 Å². The molecule has 5 nitrogen and oxygen atoms in total. The van der Waals surface area contributed by atoms with E-state index in [2.05, 4.69) is 31.3 Å². The summed E-state index contributed by atoms with van der Waals surface area (Å²) in [5.41, 5.74) is 1.49. The number of hydrogen-bond donors (Lipinski definition) is 0. The van der Waals surface area contributed by atoms with Crippen LogP contribution in [0, 0.1) is 18.3 Å². The largest absolute Gasteiger partial charge is 0.354 e. The minimum Gasteiger partial charge on any atom is -0.354 e. The second-order valence-electron chi connectivity index (χ2n) is 4.95. The standard InChI is InChI=1S/C14H15N5S/c1-10-9-20-14(18-10)11-3-2-6-19(8-11)13-12(7-15)16-4-5-17-13/h4-5,9,11H,2-3,6,8H2,1H3. The van der Waals surface area contributed by atoms with Gasteiger partial charge in [0.1, 0.15) is 6.07 Å². The molecule has 0 saturated carbocycles. The summed E-state index contributed by atoms with van der Waals surface area (Å²) in [6.45, 7) is 3.81. The van der Waals surface area contributed by atoms with Gasteiger partial charge in [-0.1, -0.05) is 0 Å². The monoisotopic (exact) mass is 285 g/mol. The number of piperidine rings is 1. The average molecular weight is 285 g/mol. The Morgan fingerprint density at radius 2 is 2.25 bits per heavy atom. The molecule has 3 heterocycles. The molecule has 0 amide bonds. The quantitative estimate of drug-likeness (QED) is 0.848. The van der Waals surface area contributed by atoms with Gasteiger partial charge in [-0.15, -0.1) is 11.3 Å². The lowest BCUT2D eigenvalue weighted by Crippen LogP contribution is -2.35. The maximum Gasteiger partial charge on any atom is 0.183 e. The Bertz CT molecular complexity index is 645. The first-order valence-electron chi connectivity index (χ1n) is 6.66. The molecule has 0 bridgehead atoms. The number of nitrogens with zero attached hydrogens (tertiary/aromatic N) is 5. The van der Waals surface area contributed by atoms with Crippen LogP contribution in [0.5, 0.6) is 0 Å². The Morgan fingerprint density at radius 3 is 3.00 bits per heavy atom. The third-order valence-electron chi connectivity index (χ3n) is 3.49. The summed E-state index contributed by atoms with van der Waals surface area (Å²) in [7, 11) is 0. The number of anilines is 1. The molecule has 3 rings (SSSR count). The first-order valence-corrected chi connectivity index (χ1v) is 7.54. The van der Waals surface area contributed by atoms with Gasteiger partial charge in [0.05, 0.1) is 5.01 Å². The Morgan fingerprint density at radius 1 is 1.40 bits per heavy atom. The van der Waals surface area contributed by atoms with E-state index < -0.39 is 0 Å². The molecule has 0 spiro atoms. The third kappa shape index (κ3) is 2.49. The summed E-state index contributed by atoms with van der Waals surface area (Å²) < 4.78 is 0. The van der Waals surface area contributed by atoms with Crippen LogP contribution in [0.2, 0.25) is 0 Å². The molecule has 1 unspecified atom stereocenters. The number of aryl methyl sites for hydroxylation is 1. The Balaban J connectivity index is 1.83. The molecule has 1 aliphatic heterocycles. The van der Waals surface area contributed by atoms with E-state index in [9.17, 15) is 0 Å². The van der Waals surface area contributed by atoms with Crippen molar-refractivity contribution in [3.8, 4) is 6.07 Å². The van der Waals surface area contributed by atoms with E-state index in [0.717, 1.165) is 31.6 Å². The topological polar surface area (TPSA) is 65.7 Å². The molecule has 1 aliphatic rings. The number of thiazole rings is 1. The van der Waals surface area contributed by atoms with Crippen LogP contribution in [0.1, 0.15) is 35.2 Å². The molecule has 0 radical (unpaired) electrons. The Hall–Kier alpha value is -2.00. The highest BCUT2D eigenvalue weighted by Crippen LogP contribution is 2.31. The van der Waals surface area contributed by atoms with E-state index in [0.29, 0.717) is 17.4 Å². The molecule has 1 fully saturated rings. The zero-order valence-electron chi connectivity index (χ0n) is 11.3. The van der Waals surface area contributed by atoms with Crippen LogP contribution >= 0.6 is 11.3 Å².